The minimum atomic E-state index is -0.519. The van der Waals surface area contributed by atoms with Crippen molar-refractivity contribution in [2.24, 2.45) is 0 Å². The van der Waals surface area contributed by atoms with Crippen LogP contribution in [0, 0.1) is 0 Å². The van der Waals surface area contributed by atoms with Crippen LogP contribution < -0.4 is 0 Å². The maximum atomic E-state index is 12.2. The van der Waals surface area contributed by atoms with E-state index in [9.17, 15) is 9.59 Å². The van der Waals surface area contributed by atoms with Crippen LogP contribution in [0.5, 0.6) is 0 Å². The molecule has 0 aromatic heterocycles. The van der Waals surface area contributed by atoms with Crippen molar-refractivity contribution in [3.8, 4) is 0 Å². The quantitative estimate of drug-likeness (QED) is 0.734. The number of epoxide rings is 1. The Kier molecular flexibility index (Phi) is 4.13. The number of likely N-dealkylation sites (tertiary alicyclic amines) is 1. The summed E-state index contributed by atoms with van der Waals surface area (Å²) in [6.07, 6.45) is 2.79. The Balaban J connectivity index is 1.87. The standard InChI is InChI=1S/C14H23NO4/c1-14(2,3)19-13(17)15-8-4-5-11(15)12(16)7-6-10-9-18-10/h10-11H,4-9H2,1-3H3. The first-order valence-electron chi connectivity index (χ1n) is 7.01. The predicted octanol–water partition coefficient (Wildman–Crippen LogP) is 2.13. The zero-order valence-corrected chi connectivity index (χ0v) is 12.0. The molecule has 2 saturated heterocycles. The lowest BCUT2D eigenvalue weighted by Gasteiger charge is -2.27. The van der Waals surface area contributed by atoms with Crippen LogP contribution in [0.4, 0.5) is 4.79 Å². The Morgan fingerprint density at radius 2 is 2.05 bits per heavy atom. The predicted molar refractivity (Wildman–Crippen MR) is 69.9 cm³/mol. The summed E-state index contributed by atoms with van der Waals surface area (Å²) in [5.41, 5.74) is -0.519. The largest absolute Gasteiger partial charge is 0.444 e. The van der Waals surface area contributed by atoms with Crippen LogP contribution in [0.1, 0.15) is 46.5 Å². The average molecular weight is 269 g/mol. The van der Waals surface area contributed by atoms with E-state index in [2.05, 4.69) is 0 Å². The fourth-order valence-corrected chi connectivity index (χ4v) is 2.35. The topological polar surface area (TPSA) is 59.1 Å². The Morgan fingerprint density at radius 3 is 2.63 bits per heavy atom. The van der Waals surface area contributed by atoms with Gasteiger partial charge in [0.15, 0.2) is 5.78 Å². The maximum absolute atomic E-state index is 12.2. The molecule has 0 N–H and O–H groups in total. The van der Waals surface area contributed by atoms with E-state index in [1.165, 1.54) is 0 Å². The Morgan fingerprint density at radius 1 is 1.37 bits per heavy atom. The SMILES string of the molecule is CC(C)(C)OC(=O)N1CCCC1C(=O)CCC1CO1. The molecule has 0 radical (unpaired) electrons. The fourth-order valence-electron chi connectivity index (χ4n) is 2.35. The van der Waals surface area contributed by atoms with Crippen LogP contribution in [-0.4, -0.2) is 47.7 Å². The van der Waals surface area contributed by atoms with Crippen LogP contribution in [0.15, 0.2) is 0 Å². The lowest BCUT2D eigenvalue weighted by molar-refractivity contribution is -0.123. The van der Waals surface area contributed by atoms with Crippen LogP contribution in [0.2, 0.25) is 0 Å². The normalized spacial score (nSPS) is 26.4. The van der Waals surface area contributed by atoms with Gasteiger partial charge in [-0.1, -0.05) is 0 Å². The maximum Gasteiger partial charge on any atom is 0.410 e. The Bertz CT molecular complexity index is 357. The van der Waals surface area contributed by atoms with E-state index in [1.807, 2.05) is 20.8 Å². The van der Waals surface area contributed by atoms with Crippen molar-refractivity contribution in [3.05, 3.63) is 0 Å². The van der Waals surface area contributed by atoms with E-state index in [-0.39, 0.29) is 24.0 Å². The molecule has 2 atom stereocenters. The number of carbonyl (C=O) groups excluding carboxylic acids is 2. The number of rotatable bonds is 4. The van der Waals surface area contributed by atoms with E-state index >= 15 is 0 Å². The summed E-state index contributed by atoms with van der Waals surface area (Å²) in [5.74, 6) is 0.138. The molecule has 0 spiro atoms. The molecule has 0 saturated carbocycles. The molecule has 0 aliphatic carbocycles. The van der Waals surface area contributed by atoms with E-state index in [4.69, 9.17) is 9.47 Å². The molecule has 5 heteroatoms. The molecule has 2 heterocycles. The molecule has 108 valence electrons. The van der Waals surface area contributed by atoms with Crippen molar-refractivity contribution in [1.82, 2.24) is 4.90 Å². The Labute approximate surface area is 114 Å². The van der Waals surface area contributed by atoms with Crippen molar-refractivity contribution >= 4 is 11.9 Å². The van der Waals surface area contributed by atoms with Crippen molar-refractivity contribution < 1.29 is 19.1 Å². The minimum Gasteiger partial charge on any atom is -0.444 e. The number of Topliss-reactive ketones (excluding diaryl/α,β-unsaturated/α-hetero) is 1. The van der Waals surface area contributed by atoms with Crippen molar-refractivity contribution in [1.29, 1.82) is 0 Å². The van der Waals surface area contributed by atoms with Crippen LogP contribution >= 0.6 is 0 Å². The van der Waals surface area contributed by atoms with Gasteiger partial charge in [-0.3, -0.25) is 9.69 Å². The molecule has 2 fully saturated rings. The zero-order chi connectivity index (χ0) is 14.0. The Hall–Kier alpha value is -1.10. The van der Waals surface area contributed by atoms with Gasteiger partial charge in [0.1, 0.15) is 5.60 Å². The number of hydrogen-bond donors (Lipinski definition) is 0. The third-order valence-electron chi connectivity index (χ3n) is 3.37. The summed E-state index contributed by atoms with van der Waals surface area (Å²) in [4.78, 5) is 25.8. The van der Waals surface area contributed by atoms with Gasteiger partial charge in [-0.15, -0.1) is 0 Å². The lowest BCUT2D eigenvalue weighted by Crippen LogP contribution is -2.43. The van der Waals surface area contributed by atoms with Crippen molar-refractivity contribution in [2.45, 2.75) is 64.2 Å². The zero-order valence-electron chi connectivity index (χ0n) is 12.0. The molecule has 0 aromatic rings. The minimum absolute atomic E-state index is 0.138. The highest BCUT2D eigenvalue weighted by Crippen LogP contribution is 2.24. The third-order valence-corrected chi connectivity index (χ3v) is 3.37. The second-order valence-electron chi connectivity index (χ2n) is 6.29. The monoisotopic (exact) mass is 269 g/mol. The number of nitrogens with zero attached hydrogens (tertiary/aromatic N) is 1. The van der Waals surface area contributed by atoms with Gasteiger partial charge < -0.3 is 9.47 Å². The van der Waals surface area contributed by atoms with Crippen LogP contribution in [0.25, 0.3) is 0 Å². The summed E-state index contributed by atoms with van der Waals surface area (Å²) in [5, 5.41) is 0. The summed E-state index contributed by atoms with van der Waals surface area (Å²) >= 11 is 0. The summed E-state index contributed by atoms with van der Waals surface area (Å²) in [7, 11) is 0. The van der Waals surface area contributed by atoms with E-state index in [1.54, 1.807) is 4.90 Å². The van der Waals surface area contributed by atoms with Crippen LogP contribution in [-0.2, 0) is 14.3 Å². The fraction of sp³-hybridized carbons (Fsp3) is 0.857. The average Bonchev–Trinajstić information content (AvgIpc) is 2.98. The number of ketones is 1. The van der Waals surface area contributed by atoms with Gasteiger partial charge in [-0.05, 0) is 40.0 Å². The highest BCUT2D eigenvalue weighted by Gasteiger charge is 2.36. The third kappa shape index (κ3) is 4.20. The summed E-state index contributed by atoms with van der Waals surface area (Å²) in [6.45, 7) is 6.89. The lowest BCUT2D eigenvalue weighted by atomic mass is 10.0. The van der Waals surface area contributed by atoms with Gasteiger partial charge in [-0.2, -0.15) is 0 Å². The number of hydrogen-bond acceptors (Lipinski definition) is 4. The molecule has 2 aliphatic heterocycles. The van der Waals surface area contributed by atoms with Gasteiger partial charge in [-0.25, -0.2) is 4.79 Å². The molecule has 0 aromatic carbocycles. The van der Waals surface area contributed by atoms with Gasteiger partial charge in [0.2, 0.25) is 0 Å². The first-order chi connectivity index (χ1) is 8.87. The first kappa shape index (κ1) is 14.3. The number of carbonyl (C=O) groups is 2. The smallest absolute Gasteiger partial charge is 0.410 e. The molecule has 1 amide bonds. The van der Waals surface area contributed by atoms with E-state index in [0.29, 0.717) is 13.0 Å². The second-order valence-corrected chi connectivity index (χ2v) is 6.29. The second kappa shape index (κ2) is 5.49. The van der Waals surface area contributed by atoms with E-state index in [0.717, 1.165) is 25.9 Å². The molecule has 2 aliphatic rings. The molecule has 2 unspecified atom stereocenters. The van der Waals surface area contributed by atoms with Gasteiger partial charge >= 0.3 is 6.09 Å². The summed E-state index contributed by atoms with van der Waals surface area (Å²) in [6, 6.07) is -0.298. The highest BCUT2D eigenvalue weighted by atomic mass is 16.6. The molecule has 0 bridgehead atoms. The van der Waals surface area contributed by atoms with Gasteiger partial charge in [0.25, 0.3) is 0 Å². The number of amides is 1. The molecule has 19 heavy (non-hydrogen) atoms. The van der Waals surface area contributed by atoms with E-state index < -0.39 is 5.60 Å². The van der Waals surface area contributed by atoms with Gasteiger partial charge in [0.05, 0.1) is 18.8 Å². The van der Waals surface area contributed by atoms with Gasteiger partial charge in [0, 0.05) is 13.0 Å². The highest BCUT2D eigenvalue weighted by molar-refractivity contribution is 5.88. The van der Waals surface area contributed by atoms with Crippen molar-refractivity contribution in [3.63, 3.8) is 0 Å². The van der Waals surface area contributed by atoms with Crippen molar-refractivity contribution in [2.75, 3.05) is 13.2 Å². The van der Waals surface area contributed by atoms with Crippen LogP contribution in [0.3, 0.4) is 0 Å². The summed E-state index contributed by atoms with van der Waals surface area (Å²) < 4.78 is 10.5. The first-order valence-corrected chi connectivity index (χ1v) is 7.01. The molecule has 5 nitrogen and oxygen atoms in total. The number of ether oxygens (including phenoxy) is 2. The molecule has 2 rings (SSSR count). The molecular weight excluding hydrogens is 246 g/mol. The molecular formula is C14H23NO4.